The molecule has 122 valence electrons. The molecule has 0 spiro atoms. The lowest BCUT2D eigenvalue weighted by atomic mass is 10.3. The third-order valence-corrected chi connectivity index (χ3v) is 2.59. The van der Waals surface area contributed by atoms with Gasteiger partial charge in [-0.15, -0.1) is 0 Å². The highest BCUT2D eigenvalue weighted by Gasteiger charge is 2.13. The Kier molecular flexibility index (Phi) is 11.2. The van der Waals surface area contributed by atoms with Gasteiger partial charge < -0.3 is 24.5 Å². The maximum absolute atomic E-state index is 11.5. The van der Waals surface area contributed by atoms with Crippen LogP contribution < -0.4 is 0 Å². The van der Waals surface area contributed by atoms with Gasteiger partial charge in [0.25, 0.3) is 0 Å². The molecule has 0 aromatic heterocycles. The second-order valence-electron chi connectivity index (χ2n) is 4.34. The van der Waals surface area contributed by atoms with Crippen LogP contribution in [-0.2, 0) is 19.0 Å². The van der Waals surface area contributed by atoms with Crippen LogP contribution in [0.25, 0.3) is 0 Å². The molecule has 7 nitrogen and oxygen atoms in total. The van der Waals surface area contributed by atoms with E-state index in [0.29, 0.717) is 26.3 Å². The average Bonchev–Trinajstić information content (AvgIpc) is 2.46. The normalized spacial score (nSPS) is 10.0. The molecule has 1 N–H and O–H groups in total. The Balaban J connectivity index is 3.78. The standard InChI is InChI=1S/C14H26N2O5/c1-4-7-19-8-9-20-13(17)10-12(15)11-21-14(18)16(5-2)6-3/h15H,4-11H2,1-3H3. The van der Waals surface area contributed by atoms with E-state index in [0.717, 1.165) is 6.42 Å². The Morgan fingerprint density at radius 1 is 1.00 bits per heavy atom. The molecule has 0 heterocycles. The number of hydrogen-bond donors (Lipinski definition) is 1. The summed E-state index contributed by atoms with van der Waals surface area (Å²) in [6.07, 6.45) is 0.251. The van der Waals surface area contributed by atoms with Crippen LogP contribution >= 0.6 is 0 Å². The smallest absolute Gasteiger partial charge is 0.410 e. The molecule has 0 aromatic carbocycles. The fraction of sp³-hybridized carbons (Fsp3) is 0.786. The first-order valence-electron chi connectivity index (χ1n) is 7.26. The lowest BCUT2D eigenvalue weighted by Gasteiger charge is -2.18. The molecule has 0 fully saturated rings. The van der Waals surface area contributed by atoms with Crippen LogP contribution in [0.15, 0.2) is 0 Å². The first-order chi connectivity index (χ1) is 10.0. The summed E-state index contributed by atoms with van der Waals surface area (Å²) < 4.78 is 15.0. The number of ether oxygens (including phenoxy) is 3. The van der Waals surface area contributed by atoms with Gasteiger partial charge in [0.1, 0.15) is 13.2 Å². The molecule has 0 aliphatic carbocycles. The molecular formula is C14H26N2O5. The second kappa shape index (κ2) is 12.1. The average molecular weight is 302 g/mol. The molecule has 0 saturated heterocycles. The second-order valence-corrected chi connectivity index (χ2v) is 4.34. The molecule has 0 rings (SSSR count). The van der Waals surface area contributed by atoms with Gasteiger partial charge in [0.05, 0.1) is 18.7 Å². The van der Waals surface area contributed by atoms with Gasteiger partial charge in [-0.2, -0.15) is 0 Å². The minimum atomic E-state index is -0.515. The largest absolute Gasteiger partial charge is 0.463 e. The maximum atomic E-state index is 11.5. The van der Waals surface area contributed by atoms with Gasteiger partial charge in [-0.1, -0.05) is 6.92 Å². The Morgan fingerprint density at radius 2 is 1.67 bits per heavy atom. The summed E-state index contributed by atoms with van der Waals surface area (Å²) in [7, 11) is 0. The number of carbonyl (C=O) groups excluding carboxylic acids is 2. The van der Waals surface area contributed by atoms with E-state index < -0.39 is 12.1 Å². The van der Waals surface area contributed by atoms with E-state index in [1.54, 1.807) is 0 Å². The topological polar surface area (TPSA) is 88.9 Å². The SMILES string of the molecule is CCCOCCOC(=O)CC(=N)COC(=O)N(CC)CC. The van der Waals surface area contributed by atoms with Crippen molar-refractivity contribution in [3.8, 4) is 0 Å². The number of hydrogen-bond acceptors (Lipinski definition) is 6. The molecule has 0 unspecified atom stereocenters. The molecule has 21 heavy (non-hydrogen) atoms. The van der Waals surface area contributed by atoms with Gasteiger partial charge >= 0.3 is 12.1 Å². The first kappa shape index (κ1) is 19.4. The molecule has 0 bridgehead atoms. The van der Waals surface area contributed by atoms with E-state index in [1.165, 1.54) is 4.90 Å². The van der Waals surface area contributed by atoms with E-state index in [4.69, 9.17) is 19.6 Å². The first-order valence-corrected chi connectivity index (χ1v) is 7.26. The van der Waals surface area contributed by atoms with Crippen LogP contribution in [-0.4, -0.2) is 62.2 Å². The zero-order valence-corrected chi connectivity index (χ0v) is 13.1. The summed E-state index contributed by atoms with van der Waals surface area (Å²) in [5, 5.41) is 7.59. The third-order valence-electron chi connectivity index (χ3n) is 2.59. The Morgan fingerprint density at radius 3 is 2.24 bits per heavy atom. The number of carbonyl (C=O) groups is 2. The quantitative estimate of drug-likeness (QED) is 0.357. The van der Waals surface area contributed by atoms with Crippen LogP contribution in [0.2, 0.25) is 0 Å². The van der Waals surface area contributed by atoms with Crippen LogP contribution in [0.4, 0.5) is 4.79 Å². The van der Waals surface area contributed by atoms with Crippen LogP contribution in [0.1, 0.15) is 33.6 Å². The Bertz CT molecular complexity index is 329. The van der Waals surface area contributed by atoms with E-state index in [-0.39, 0.29) is 25.3 Å². The van der Waals surface area contributed by atoms with Crippen LogP contribution in [0, 0.1) is 5.41 Å². The number of amides is 1. The Hall–Kier alpha value is -1.63. The third kappa shape index (κ3) is 9.84. The molecule has 0 aromatic rings. The van der Waals surface area contributed by atoms with E-state index in [1.807, 2.05) is 20.8 Å². The summed E-state index contributed by atoms with van der Waals surface area (Å²) >= 11 is 0. The predicted octanol–water partition coefficient (Wildman–Crippen LogP) is 1.84. The summed E-state index contributed by atoms with van der Waals surface area (Å²) in [5.41, 5.74) is 0.00924. The fourth-order valence-electron chi connectivity index (χ4n) is 1.46. The number of nitrogens with one attached hydrogen (secondary N) is 1. The zero-order valence-electron chi connectivity index (χ0n) is 13.1. The highest BCUT2D eigenvalue weighted by atomic mass is 16.6. The monoisotopic (exact) mass is 302 g/mol. The van der Waals surface area contributed by atoms with Crippen molar-refractivity contribution in [2.24, 2.45) is 0 Å². The predicted molar refractivity (Wildman–Crippen MR) is 78.7 cm³/mol. The minimum absolute atomic E-state index is 0.00924. The molecular weight excluding hydrogens is 276 g/mol. The van der Waals surface area contributed by atoms with Crippen molar-refractivity contribution in [1.82, 2.24) is 4.90 Å². The van der Waals surface area contributed by atoms with Gasteiger partial charge in [-0.05, 0) is 20.3 Å². The van der Waals surface area contributed by atoms with E-state index in [9.17, 15) is 9.59 Å². The molecule has 7 heteroatoms. The fourth-order valence-corrected chi connectivity index (χ4v) is 1.46. The summed E-state index contributed by atoms with van der Waals surface area (Å²) in [6, 6.07) is 0. The number of nitrogens with zero attached hydrogens (tertiary/aromatic N) is 1. The molecule has 0 radical (unpaired) electrons. The summed E-state index contributed by atoms with van der Waals surface area (Å²) in [4.78, 5) is 24.4. The van der Waals surface area contributed by atoms with Crippen molar-refractivity contribution >= 4 is 17.8 Å². The van der Waals surface area contributed by atoms with Gasteiger partial charge in [0.15, 0.2) is 0 Å². The molecule has 0 aliphatic rings. The highest BCUT2D eigenvalue weighted by Crippen LogP contribution is 1.96. The molecule has 1 amide bonds. The lowest BCUT2D eigenvalue weighted by Crippen LogP contribution is -2.32. The van der Waals surface area contributed by atoms with Crippen LogP contribution in [0.5, 0.6) is 0 Å². The van der Waals surface area contributed by atoms with Crippen LogP contribution in [0.3, 0.4) is 0 Å². The number of rotatable bonds is 11. The summed E-state index contributed by atoms with van der Waals surface area (Å²) in [5.74, 6) is -0.515. The van der Waals surface area contributed by atoms with E-state index >= 15 is 0 Å². The van der Waals surface area contributed by atoms with Crippen molar-refractivity contribution in [2.45, 2.75) is 33.6 Å². The minimum Gasteiger partial charge on any atom is -0.463 e. The maximum Gasteiger partial charge on any atom is 0.410 e. The van der Waals surface area contributed by atoms with Crippen molar-refractivity contribution in [3.05, 3.63) is 0 Å². The molecule has 0 aliphatic heterocycles. The van der Waals surface area contributed by atoms with Crippen molar-refractivity contribution in [2.75, 3.05) is 39.5 Å². The molecule has 0 atom stereocenters. The highest BCUT2D eigenvalue weighted by molar-refractivity contribution is 5.98. The lowest BCUT2D eigenvalue weighted by molar-refractivity contribution is -0.143. The number of esters is 1. The van der Waals surface area contributed by atoms with Gasteiger partial charge in [0.2, 0.25) is 0 Å². The Labute approximate surface area is 126 Å². The van der Waals surface area contributed by atoms with Crippen molar-refractivity contribution in [1.29, 1.82) is 5.41 Å². The zero-order chi connectivity index (χ0) is 16.1. The summed E-state index contributed by atoms with van der Waals surface area (Å²) in [6.45, 7) is 7.72. The molecule has 0 saturated carbocycles. The van der Waals surface area contributed by atoms with E-state index in [2.05, 4.69) is 0 Å². The van der Waals surface area contributed by atoms with Gasteiger partial charge in [-0.25, -0.2) is 4.79 Å². The van der Waals surface area contributed by atoms with Crippen molar-refractivity contribution < 1.29 is 23.8 Å². The van der Waals surface area contributed by atoms with Crippen molar-refractivity contribution in [3.63, 3.8) is 0 Å². The van der Waals surface area contributed by atoms with Gasteiger partial charge in [0, 0.05) is 19.7 Å². The van der Waals surface area contributed by atoms with Gasteiger partial charge in [-0.3, -0.25) is 4.79 Å².